The number of carbonyl (C=O) groups is 2. The molecule has 120 valence electrons. The first-order valence-corrected chi connectivity index (χ1v) is 6.54. The second kappa shape index (κ2) is 13.1. The first-order valence-electron chi connectivity index (χ1n) is 6.54. The minimum atomic E-state index is -0.592. The first-order chi connectivity index (χ1) is 9.44. The van der Waals surface area contributed by atoms with Gasteiger partial charge in [0.05, 0.1) is 37.3 Å². The third-order valence-corrected chi connectivity index (χ3v) is 2.96. The fourth-order valence-electron chi connectivity index (χ4n) is 1.96. The summed E-state index contributed by atoms with van der Waals surface area (Å²) in [5.74, 6) is -0.696. The molecule has 4 atom stereocenters. The standard InChI is InChI=1S/C7H11O3.C7H9O3.2Y/c2*1-2-6-3-5(8)4-7(9)10-6;;/h5-6,8H,1-4H2;1-2,5-6,8H,3-4H2;;/q2*-1;;. The van der Waals surface area contributed by atoms with Crippen LogP contribution >= 0.6 is 0 Å². The van der Waals surface area contributed by atoms with E-state index >= 15 is 0 Å². The van der Waals surface area contributed by atoms with Gasteiger partial charge in [0.25, 0.3) is 0 Å². The van der Waals surface area contributed by atoms with Crippen LogP contribution in [0.15, 0.2) is 6.08 Å². The number of hydrogen-bond donors (Lipinski definition) is 2. The summed E-state index contributed by atoms with van der Waals surface area (Å²) < 4.78 is 9.57. The molecule has 0 aromatic heterocycles. The third kappa shape index (κ3) is 9.84. The molecule has 2 aliphatic rings. The predicted octanol–water partition coefficient (Wildman–Crippen LogP) is 0.314. The number of carbonyl (C=O) groups excluding carboxylic acids is 2. The molecular weight excluding hydrogens is 442 g/mol. The van der Waals surface area contributed by atoms with Crippen LogP contribution in [0.3, 0.4) is 0 Å². The molecular formula is C14H20O6Y2-2. The quantitative estimate of drug-likeness (QED) is 0.454. The fourth-order valence-corrected chi connectivity index (χ4v) is 1.96. The molecule has 8 heteroatoms. The van der Waals surface area contributed by atoms with Crippen LogP contribution in [0.5, 0.6) is 0 Å². The topological polar surface area (TPSA) is 93.1 Å². The van der Waals surface area contributed by atoms with E-state index in [0.717, 1.165) is 0 Å². The summed E-state index contributed by atoms with van der Waals surface area (Å²) in [5.41, 5.74) is 0. The van der Waals surface area contributed by atoms with E-state index in [-0.39, 0.29) is 96.3 Å². The maximum atomic E-state index is 10.6. The van der Waals surface area contributed by atoms with Gasteiger partial charge in [0.15, 0.2) is 0 Å². The van der Waals surface area contributed by atoms with Gasteiger partial charge in [-0.15, -0.1) is 6.42 Å². The molecule has 22 heavy (non-hydrogen) atoms. The molecule has 0 spiro atoms. The number of aliphatic hydroxyl groups is 2. The summed E-state index contributed by atoms with van der Waals surface area (Å²) in [6.45, 7) is 8.70. The Balaban J connectivity index is 0. The smallest absolute Gasteiger partial charge is 0.308 e. The number of aliphatic hydroxyl groups excluding tert-OH is 2. The van der Waals surface area contributed by atoms with Crippen LogP contribution in [-0.4, -0.2) is 46.6 Å². The van der Waals surface area contributed by atoms with E-state index in [1.165, 1.54) is 6.08 Å². The minimum Gasteiger partial charge on any atom is -0.514 e. The number of ether oxygens (including phenoxy) is 2. The van der Waals surface area contributed by atoms with Gasteiger partial charge in [-0.1, -0.05) is 0 Å². The van der Waals surface area contributed by atoms with Crippen LogP contribution in [0.4, 0.5) is 0 Å². The van der Waals surface area contributed by atoms with Crippen LogP contribution in [-0.2, 0) is 84.5 Å². The van der Waals surface area contributed by atoms with E-state index in [1.54, 1.807) is 0 Å². The molecule has 2 aliphatic heterocycles. The van der Waals surface area contributed by atoms with Gasteiger partial charge in [-0.3, -0.25) is 9.59 Å². The maximum absolute atomic E-state index is 10.6. The third-order valence-electron chi connectivity index (χ3n) is 2.96. The minimum absolute atomic E-state index is 0. The Kier molecular flexibility index (Phi) is 15.0. The van der Waals surface area contributed by atoms with E-state index in [4.69, 9.17) is 26.3 Å². The van der Waals surface area contributed by atoms with Crippen molar-refractivity contribution in [1.82, 2.24) is 0 Å². The van der Waals surface area contributed by atoms with Gasteiger partial charge in [0.1, 0.15) is 0 Å². The van der Waals surface area contributed by atoms with Crippen molar-refractivity contribution in [2.24, 2.45) is 0 Å². The van der Waals surface area contributed by atoms with E-state index in [2.05, 4.69) is 6.92 Å². The van der Waals surface area contributed by atoms with E-state index in [9.17, 15) is 9.59 Å². The van der Waals surface area contributed by atoms with Gasteiger partial charge in [-0.2, -0.15) is 0 Å². The molecule has 2 N–H and O–H groups in total. The second-order valence-electron chi connectivity index (χ2n) is 4.81. The largest absolute Gasteiger partial charge is 0.514 e. The van der Waals surface area contributed by atoms with Crippen molar-refractivity contribution in [1.29, 1.82) is 0 Å². The van der Waals surface area contributed by atoms with Crippen molar-refractivity contribution >= 4 is 11.9 Å². The molecule has 0 bridgehead atoms. The van der Waals surface area contributed by atoms with Crippen molar-refractivity contribution < 1.29 is 94.7 Å². The Morgan fingerprint density at radius 1 is 1.09 bits per heavy atom. The summed E-state index contributed by atoms with van der Waals surface area (Å²) in [4.78, 5) is 21.2. The van der Waals surface area contributed by atoms with Gasteiger partial charge in [-0.25, -0.2) is 6.08 Å². The molecule has 0 saturated carbocycles. The van der Waals surface area contributed by atoms with E-state index < -0.39 is 18.3 Å². The molecule has 6 nitrogen and oxygen atoms in total. The van der Waals surface area contributed by atoms with E-state index in [1.807, 2.05) is 0 Å². The van der Waals surface area contributed by atoms with Crippen molar-refractivity contribution in [3.63, 3.8) is 0 Å². The van der Waals surface area contributed by atoms with Gasteiger partial charge in [0.2, 0.25) is 0 Å². The Labute approximate surface area is 181 Å². The Bertz CT molecular complexity index is 363. The molecule has 4 unspecified atom stereocenters. The van der Waals surface area contributed by atoms with Crippen LogP contribution in [0, 0.1) is 13.5 Å². The van der Waals surface area contributed by atoms with E-state index in [0.29, 0.717) is 19.3 Å². The molecule has 2 fully saturated rings. The zero-order valence-electron chi connectivity index (χ0n) is 12.4. The average molecular weight is 462 g/mol. The molecule has 0 amide bonds. The van der Waals surface area contributed by atoms with Crippen molar-refractivity contribution in [3.05, 3.63) is 19.6 Å². The summed E-state index contributed by atoms with van der Waals surface area (Å²) in [5, 5.41) is 18.1. The monoisotopic (exact) mass is 462 g/mol. The summed E-state index contributed by atoms with van der Waals surface area (Å²) in [6.07, 6.45) is 1.31. The average Bonchev–Trinajstić information content (AvgIpc) is 2.37. The number of esters is 2. The van der Waals surface area contributed by atoms with Gasteiger partial charge >= 0.3 is 11.9 Å². The Morgan fingerprint density at radius 3 is 2.00 bits per heavy atom. The number of rotatable bonds is 2. The Hall–Kier alpha value is 0.808. The SMILES string of the molecule is [CH-]=CC1CC(O)CC(=O)O1.[CH2-]CC1CC(O)CC(=O)O1.[Y].[Y]. The van der Waals surface area contributed by atoms with Gasteiger partial charge in [0, 0.05) is 78.3 Å². The van der Waals surface area contributed by atoms with Crippen LogP contribution in [0.25, 0.3) is 0 Å². The molecule has 0 aliphatic carbocycles. The van der Waals surface area contributed by atoms with Crippen molar-refractivity contribution in [3.8, 4) is 0 Å². The normalized spacial score (nSPS) is 30.3. The molecule has 2 rings (SSSR count). The summed E-state index contributed by atoms with van der Waals surface area (Å²) in [7, 11) is 0. The van der Waals surface area contributed by atoms with Crippen molar-refractivity contribution in [2.75, 3.05) is 0 Å². The molecule has 0 aromatic carbocycles. The Morgan fingerprint density at radius 2 is 1.59 bits per heavy atom. The van der Waals surface area contributed by atoms with Gasteiger partial charge < -0.3 is 33.2 Å². The van der Waals surface area contributed by atoms with Crippen LogP contribution in [0.1, 0.15) is 32.1 Å². The number of hydrogen-bond acceptors (Lipinski definition) is 6. The zero-order valence-corrected chi connectivity index (χ0v) is 18.1. The second-order valence-corrected chi connectivity index (χ2v) is 4.81. The molecule has 0 aromatic rings. The van der Waals surface area contributed by atoms with Crippen LogP contribution < -0.4 is 0 Å². The van der Waals surface area contributed by atoms with Crippen molar-refractivity contribution in [2.45, 2.75) is 56.5 Å². The molecule has 2 saturated heterocycles. The number of cyclic esters (lactones) is 2. The maximum Gasteiger partial charge on any atom is 0.308 e. The zero-order chi connectivity index (χ0) is 15.1. The fraction of sp³-hybridized carbons (Fsp3) is 0.643. The predicted molar refractivity (Wildman–Crippen MR) is 69.1 cm³/mol. The molecule has 2 heterocycles. The summed E-state index contributed by atoms with van der Waals surface area (Å²) in [6, 6.07) is 0. The van der Waals surface area contributed by atoms with Crippen LogP contribution in [0.2, 0.25) is 0 Å². The first kappa shape index (κ1) is 25.1. The molecule has 2 radical (unpaired) electrons. The van der Waals surface area contributed by atoms with Gasteiger partial charge in [-0.05, 0) is 0 Å². The summed E-state index contributed by atoms with van der Waals surface area (Å²) >= 11 is 0.